The van der Waals surface area contributed by atoms with E-state index in [1.54, 1.807) is 18.2 Å². The number of benzene rings is 1. The van der Waals surface area contributed by atoms with Gasteiger partial charge in [0.1, 0.15) is 5.92 Å². The normalized spacial score (nSPS) is 12.0. The highest BCUT2D eigenvalue weighted by atomic mass is 16.2. The molecule has 0 radical (unpaired) electrons. The van der Waals surface area contributed by atoms with Gasteiger partial charge in [0.2, 0.25) is 5.91 Å². The van der Waals surface area contributed by atoms with Crippen molar-refractivity contribution < 1.29 is 4.79 Å². The highest BCUT2D eigenvalue weighted by Gasteiger charge is 2.11. The molecule has 6 nitrogen and oxygen atoms in total. The summed E-state index contributed by atoms with van der Waals surface area (Å²) in [6.45, 7) is 1.52. The number of rotatable bonds is 2. The van der Waals surface area contributed by atoms with E-state index < -0.39 is 5.92 Å². The summed E-state index contributed by atoms with van der Waals surface area (Å²) >= 11 is 0. The molecule has 86 valence electrons. The summed E-state index contributed by atoms with van der Waals surface area (Å²) in [5, 5.41) is 11.2. The van der Waals surface area contributed by atoms with E-state index in [4.69, 9.17) is 5.26 Å². The molecule has 1 aromatic carbocycles. The van der Waals surface area contributed by atoms with Crippen LogP contribution in [-0.4, -0.2) is 15.9 Å². The van der Waals surface area contributed by atoms with Gasteiger partial charge < -0.3 is 15.3 Å². The number of nitrogens with zero attached hydrogens (tertiary/aromatic N) is 1. The van der Waals surface area contributed by atoms with Crippen LogP contribution in [0.3, 0.4) is 0 Å². The number of aromatic nitrogens is 2. The molecule has 0 fully saturated rings. The van der Waals surface area contributed by atoms with Gasteiger partial charge in [0.05, 0.1) is 17.1 Å². The Hall–Kier alpha value is -2.55. The second-order valence-corrected chi connectivity index (χ2v) is 3.68. The van der Waals surface area contributed by atoms with Crippen molar-refractivity contribution in [2.75, 3.05) is 5.32 Å². The molecule has 0 aliphatic rings. The van der Waals surface area contributed by atoms with Gasteiger partial charge in [-0.3, -0.25) is 4.79 Å². The molecule has 0 bridgehead atoms. The van der Waals surface area contributed by atoms with Crippen LogP contribution < -0.4 is 11.0 Å². The van der Waals surface area contributed by atoms with E-state index in [0.29, 0.717) is 16.7 Å². The van der Waals surface area contributed by atoms with Gasteiger partial charge in [-0.2, -0.15) is 5.26 Å². The summed E-state index contributed by atoms with van der Waals surface area (Å²) < 4.78 is 0. The molecule has 0 aliphatic heterocycles. The Bertz CT molecular complexity index is 662. The van der Waals surface area contributed by atoms with Crippen LogP contribution in [0.4, 0.5) is 5.69 Å². The number of nitrogens with one attached hydrogen (secondary N) is 3. The molecule has 17 heavy (non-hydrogen) atoms. The van der Waals surface area contributed by atoms with E-state index in [2.05, 4.69) is 15.3 Å². The Morgan fingerprint density at radius 1 is 1.41 bits per heavy atom. The molecular weight excluding hydrogens is 220 g/mol. The zero-order valence-corrected chi connectivity index (χ0v) is 9.07. The molecule has 1 aromatic heterocycles. The van der Waals surface area contributed by atoms with Crippen LogP contribution in [0, 0.1) is 17.2 Å². The first kappa shape index (κ1) is 11.0. The highest BCUT2D eigenvalue weighted by Crippen LogP contribution is 2.15. The number of carbonyl (C=O) groups excluding carboxylic acids is 1. The van der Waals surface area contributed by atoms with Crippen molar-refractivity contribution in [1.29, 1.82) is 5.26 Å². The van der Waals surface area contributed by atoms with Crippen molar-refractivity contribution >= 4 is 22.6 Å². The number of imidazole rings is 1. The molecule has 1 amide bonds. The van der Waals surface area contributed by atoms with Crippen molar-refractivity contribution in [1.82, 2.24) is 9.97 Å². The smallest absolute Gasteiger partial charge is 0.323 e. The number of amides is 1. The first-order valence-electron chi connectivity index (χ1n) is 5.02. The Morgan fingerprint density at radius 3 is 2.82 bits per heavy atom. The van der Waals surface area contributed by atoms with Gasteiger partial charge in [-0.25, -0.2) is 4.79 Å². The molecule has 1 unspecified atom stereocenters. The van der Waals surface area contributed by atoms with Gasteiger partial charge in [-0.05, 0) is 25.1 Å². The maximum atomic E-state index is 11.5. The fourth-order valence-electron chi connectivity index (χ4n) is 1.42. The zero-order chi connectivity index (χ0) is 12.4. The van der Waals surface area contributed by atoms with Crippen LogP contribution in [0.15, 0.2) is 23.0 Å². The number of nitriles is 1. The van der Waals surface area contributed by atoms with Crippen molar-refractivity contribution in [3.63, 3.8) is 0 Å². The van der Waals surface area contributed by atoms with Crippen LogP contribution in [0.25, 0.3) is 11.0 Å². The summed E-state index contributed by atoms with van der Waals surface area (Å²) in [5.74, 6) is -1.08. The standard InChI is InChI=1S/C11H10N4O2/c1-6(5-12)10(16)13-7-2-3-8-9(4-7)15-11(17)14-8/h2-4,6H,1H3,(H,13,16)(H2,14,15,17). The maximum Gasteiger partial charge on any atom is 0.323 e. The average Bonchev–Trinajstić information content (AvgIpc) is 2.67. The lowest BCUT2D eigenvalue weighted by Gasteiger charge is -2.05. The molecule has 6 heteroatoms. The van der Waals surface area contributed by atoms with E-state index in [1.165, 1.54) is 6.92 Å². The number of anilines is 1. The second-order valence-electron chi connectivity index (χ2n) is 3.68. The molecule has 0 spiro atoms. The number of hydrogen-bond acceptors (Lipinski definition) is 3. The van der Waals surface area contributed by atoms with Crippen LogP contribution in [0.2, 0.25) is 0 Å². The average molecular weight is 230 g/mol. The third-order valence-corrected chi connectivity index (χ3v) is 2.37. The Morgan fingerprint density at radius 2 is 2.12 bits per heavy atom. The van der Waals surface area contributed by atoms with Gasteiger partial charge in [-0.1, -0.05) is 0 Å². The van der Waals surface area contributed by atoms with Crippen LogP contribution >= 0.6 is 0 Å². The van der Waals surface area contributed by atoms with Gasteiger partial charge >= 0.3 is 5.69 Å². The molecule has 0 saturated carbocycles. The second kappa shape index (κ2) is 4.14. The van der Waals surface area contributed by atoms with E-state index in [1.807, 2.05) is 6.07 Å². The predicted molar refractivity (Wildman–Crippen MR) is 62.3 cm³/mol. The van der Waals surface area contributed by atoms with Crippen LogP contribution in [0.5, 0.6) is 0 Å². The fourth-order valence-corrected chi connectivity index (χ4v) is 1.42. The lowest BCUT2D eigenvalue weighted by molar-refractivity contribution is -0.117. The van der Waals surface area contributed by atoms with Crippen molar-refractivity contribution in [2.24, 2.45) is 5.92 Å². The first-order chi connectivity index (χ1) is 8.10. The summed E-state index contributed by atoms with van der Waals surface area (Å²) in [7, 11) is 0. The molecule has 2 aromatic rings. The summed E-state index contributed by atoms with van der Waals surface area (Å²) in [6.07, 6.45) is 0. The monoisotopic (exact) mass is 230 g/mol. The predicted octanol–water partition coefficient (Wildman–Crippen LogP) is 0.954. The maximum absolute atomic E-state index is 11.5. The molecule has 0 saturated heterocycles. The minimum absolute atomic E-state index is 0.297. The minimum atomic E-state index is -0.712. The number of aromatic amines is 2. The van der Waals surface area contributed by atoms with Crippen LogP contribution in [0.1, 0.15) is 6.92 Å². The molecule has 3 N–H and O–H groups in total. The zero-order valence-electron chi connectivity index (χ0n) is 9.07. The lowest BCUT2D eigenvalue weighted by atomic mass is 10.2. The molecular formula is C11H10N4O2. The third kappa shape index (κ3) is 2.18. The summed E-state index contributed by atoms with van der Waals surface area (Å²) in [5.41, 5.74) is 1.52. The molecule has 1 atom stereocenters. The Kier molecular flexibility index (Phi) is 2.66. The molecule has 1 heterocycles. The Balaban J connectivity index is 2.28. The summed E-state index contributed by atoms with van der Waals surface area (Å²) in [4.78, 5) is 27.7. The quantitative estimate of drug-likeness (QED) is 0.715. The van der Waals surface area contributed by atoms with Gasteiger partial charge in [0.15, 0.2) is 0 Å². The summed E-state index contributed by atoms with van der Waals surface area (Å²) in [6, 6.07) is 6.83. The first-order valence-corrected chi connectivity index (χ1v) is 5.02. The SMILES string of the molecule is CC(C#N)C(=O)Nc1ccc2[nH]c(=O)[nH]c2c1. The van der Waals surface area contributed by atoms with Gasteiger partial charge in [0, 0.05) is 5.69 Å². The molecule has 2 rings (SSSR count). The Labute approximate surface area is 96.3 Å². The third-order valence-electron chi connectivity index (χ3n) is 2.37. The van der Waals surface area contributed by atoms with E-state index in [0.717, 1.165) is 0 Å². The number of hydrogen-bond donors (Lipinski definition) is 3. The highest BCUT2D eigenvalue weighted by molar-refractivity contribution is 5.95. The number of carbonyl (C=O) groups is 1. The van der Waals surface area contributed by atoms with Gasteiger partial charge in [0.25, 0.3) is 0 Å². The van der Waals surface area contributed by atoms with Crippen LogP contribution in [-0.2, 0) is 4.79 Å². The number of fused-ring (bicyclic) bond motifs is 1. The van der Waals surface area contributed by atoms with Crippen molar-refractivity contribution in [3.05, 3.63) is 28.7 Å². The number of H-pyrrole nitrogens is 2. The van der Waals surface area contributed by atoms with Crippen molar-refractivity contribution in [2.45, 2.75) is 6.92 Å². The minimum Gasteiger partial charge on any atom is -0.325 e. The lowest BCUT2D eigenvalue weighted by Crippen LogP contribution is -2.18. The van der Waals surface area contributed by atoms with E-state index in [-0.39, 0.29) is 11.6 Å². The van der Waals surface area contributed by atoms with Crippen molar-refractivity contribution in [3.8, 4) is 6.07 Å². The molecule has 0 aliphatic carbocycles. The largest absolute Gasteiger partial charge is 0.325 e. The van der Waals surface area contributed by atoms with E-state index >= 15 is 0 Å². The van der Waals surface area contributed by atoms with E-state index in [9.17, 15) is 9.59 Å². The topological polar surface area (TPSA) is 102 Å². The van der Waals surface area contributed by atoms with Gasteiger partial charge in [-0.15, -0.1) is 0 Å². The fraction of sp³-hybridized carbons (Fsp3) is 0.182.